The summed E-state index contributed by atoms with van der Waals surface area (Å²) in [5, 5.41) is 0.786. The molecule has 54 valence electrons. The summed E-state index contributed by atoms with van der Waals surface area (Å²) >= 11 is 11.2. The highest BCUT2D eigenvalue weighted by molar-refractivity contribution is 6.33. The van der Waals surface area contributed by atoms with E-state index in [4.69, 9.17) is 34.8 Å². The van der Waals surface area contributed by atoms with Gasteiger partial charge in [-0.05, 0) is 11.6 Å². The molecule has 0 saturated heterocycles. The van der Waals surface area contributed by atoms with Crippen molar-refractivity contribution in [3.8, 4) is 0 Å². The van der Waals surface area contributed by atoms with E-state index in [2.05, 4.69) is 0 Å². The molecule has 0 saturated carbocycles. The lowest BCUT2D eigenvalue weighted by molar-refractivity contribution is -0.621. The first kappa shape index (κ1) is 7.44. The SMILES string of the molecule is Nc1cc(Cl)cc(Cl)[n+]1N. The molecule has 1 aromatic rings. The minimum atomic E-state index is 0.310. The normalized spacial score (nSPS) is 9.80. The van der Waals surface area contributed by atoms with Gasteiger partial charge in [0.05, 0.1) is 5.02 Å². The van der Waals surface area contributed by atoms with Crippen molar-refractivity contribution in [2.24, 2.45) is 0 Å². The van der Waals surface area contributed by atoms with E-state index in [-0.39, 0.29) is 0 Å². The Morgan fingerprint density at radius 1 is 1.30 bits per heavy atom. The van der Waals surface area contributed by atoms with Crippen molar-refractivity contribution in [3.05, 3.63) is 22.3 Å². The quantitative estimate of drug-likeness (QED) is 0.347. The number of nitrogen functional groups attached to an aromatic ring is 2. The Bertz CT molecular complexity index is 238. The first-order valence-corrected chi connectivity index (χ1v) is 3.28. The predicted molar refractivity (Wildman–Crippen MR) is 41.2 cm³/mol. The van der Waals surface area contributed by atoms with Gasteiger partial charge in [0.15, 0.2) is 0 Å². The molecule has 1 rings (SSSR count). The van der Waals surface area contributed by atoms with Crippen LogP contribution in [0.1, 0.15) is 0 Å². The molecule has 0 atom stereocenters. The molecule has 0 spiro atoms. The van der Waals surface area contributed by atoms with Gasteiger partial charge >= 0.3 is 0 Å². The lowest BCUT2D eigenvalue weighted by atomic mass is 10.5. The third kappa shape index (κ3) is 1.25. The number of rotatable bonds is 0. The van der Waals surface area contributed by atoms with Gasteiger partial charge in [-0.15, -0.1) is 4.68 Å². The summed E-state index contributed by atoms with van der Waals surface area (Å²) in [4.78, 5) is 0. The zero-order valence-electron chi connectivity index (χ0n) is 5.01. The van der Waals surface area contributed by atoms with Crippen LogP contribution in [0.2, 0.25) is 10.2 Å². The molecular weight excluding hydrogens is 173 g/mol. The molecule has 1 aromatic heterocycles. The van der Waals surface area contributed by atoms with E-state index >= 15 is 0 Å². The summed E-state index contributed by atoms with van der Waals surface area (Å²) < 4.78 is 1.15. The van der Waals surface area contributed by atoms with Crippen molar-refractivity contribution in [2.45, 2.75) is 0 Å². The molecule has 0 aliphatic carbocycles. The van der Waals surface area contributed by atoms with E-state index in [1.54, 1.807) is 0 Å². The largest absolute Gasteiger partial charge is 0.298 e. The van der Waals surface area contributed by atoms with E-state index < -0.39 is 0 Å². The number of hydrogen-bond acceptors (Lipinski definition) is 2. The van der Waals surface area contributed by atoms with E-state index in [1.807, 2.05) is 0 Å². The van der Waals surface area contributed by atoms with Gasteiger partial charge < -0.3 is 0 Å². The van der Waals surface area contributed by atoms with Gasteiger partial charge in [-0.3, -0.25) is 11.6 Å². The first-order chi connectivity index (χ1) is 4.61. The molecule has 1 heterocycles. The number of anilines is 1. The molecular formula is C5H6Cl2N3+. The first-order valence-electron chi connectivity index (χ1n) is 2.53. The molecule has 4 N–H and O–H groups in total. The maximum Gasteiger partial charge on any atom is 0.298 e. The fraction of sp³-hybridized carbons (Fsp3) is 0. The Labute approximate surface area is 68.1 Å². The zero-order chi connectivity index (χ0) is 7.72. The third-order valence-electron chi connectivity index (χ3n) is 1.05. The van der Waals surface area contributed by atoms with Crippen molar-refractivity contribution < 1.29 is 4.68 Å². The van der Waals surface area contributed by atoms with Crippen LogP contribution >= 0.6 is 23.2 Å². The number of hydrogen-bond donors (Lipinski definition) is 2. The number of pyridine rings is 1. The summed E-state index contributed by atoms with van der Waals surface area (Å²) in [7, 11) is 0. The van der Waals surface area contributed by atoms with Crippen molar-refractivity contribution in [2.75, 3.05) is 11.6 Å². The van der Waals surface area contributed by atoms with Gasteiger partial charge in [-0.2, -0.15) is 0 Å². The highest BCUT2D eigenvalue weighted by atomic mass is 35.5. The lowest BCUT2D eigenvalue weighted by Crippen LogP contribution is -2.47. The fourth-order valence-corrected chi connectivity index (χ4v) is 1.05. The molecule has 0 radical (unpaired) electrons. The standard InChI is InChI=1S/C5H5Cl2N3/c6-3-1-4(7)10(9)5(8)2-3/h1-2,8H,9H2/p+1. The molecule has 0 fully saturated rings. The average molecular weight is 179 g/mol. The second-order valence-electron chi connectivity index (χ2n) is 1.79. The van der Waals surface area contributed by atoms with Crippen LogP contribution in [0.25, 0.3) is 0 Å². The summed E-state index contributed by atoms with van der Waals surface area (Å²) in [6, 6.07) is 3.03. The van der Waals surface area contributed by atoms with Crippen LogP contribution in [0.3, 0.4) is 0 Å². The van der Waals surface area contributed by atoms with Gasteiger partial charge in [0.25, 0.3) is 5.82 Å². The highest BCUT2D eigenvalue weighted by Crippen LogP contribution is 2.13. The summed E-state index contributed by atoms with van der Waals surface area (Å²) in [6.45, 7) is 0. The molecule has 0 bridgehead atoms. The van der Waals surface area contributed by atoms with Crippen LogP contribution in [0.15, 0.2) is 12.1 Å². The topological polar surface area (TPSA) is 55.9 Å². The van der Waals surface area contributed by atoms with Crippen LogP contribution in [-0.2, 0) is 0 Å². The van der Waals surface area contributed by atoms with Crippen molar-refractivity contribution in [1.82, 2.24) is 0 Å². The summed E-state index contributed by atoms with van der Waals surface area (Å²) in [6.07, 6.45) is 0. The second-order valence-corrected chi connectivity index (χ2v) is 2.61. The maximum absolute atomic E-state index is 5.59. The average Bonchev–Trinajstić information content (AvgIpc) is 1.82. The van der Waals surface area contributed by atoms with Crippen LogP contribution in [0.5, 0.6) is 0 Å². The van der Waals surface area contributed by atoms with E-state index in [9.17, 15) is 0 Å². The smallest absolute Gasteiger partial charge is 0.285 e. The zero-order valence-corrected chi connectivity index (χ0v) is 6.52. The molecule has 0 unspecified atom stereocenters. The Balaban J connectivity index is 3.31. The van der Waals surface area contributed by atoms with Gasteiger partial charge in [-0.1, -0.05) is 11.6 Å². The minimum Gasteiger partial charge on any atom is -0.285 e. The lowest BCUT2D eigenvalue weighted by Gasteiger charge is -1.96. The minimum absolute atomic E-state index is 0.310. The molecule has 0 aliphatic heterocycles. The fourth-order valence-electron chi connectivity index (χ4n) is 0.559. The van der Waals surface area contributed by atoms with E-state index in [0.717, 1.165) is 4.68 Å². The number of nitrogens with two attached hydrogens (primary N) is 2. The maximum atomic E-state index is 5.59. The Morgan fingerprint density at radius 3 is 2.40 bits per heavy atom. The Kier molecular flexibility index (Phi) is 1.87. The van der Waals surface area contributed by atoms with Crippen molar-refractivity contribution in [1.29, 1.82) is 0 Å². The molecule has 5 heteroatoms. The van der Waals surface area contributed by atoms with Gasteiger partial charge in [0.1, 0.15) is 0 Å². The van der Waals surface area contributed by atoms with Crippen LogP contribution in [-0.4, -0.2) is 0 Å². The molecule has 0 aliphatic rings. The van der Waals surface area contributed by atoms with Gasteiger partial charge in [0.2, 0.25) is 5.15 Å². The monoisotopic (exact) mass is 178 g/mol. The summed E-state index contributed by atoms with van der Waals surface area (Å²) in [5.74, 6) is 5.68. The Morgan fingerprint density at radius 2 is 1.90 bits per heavy atom. The van der Waals surface area contributed by atoms with Crippen LogP contribution in [0, 0.1) is 0 Å². The number of nitrogens with zero attached hydrogens (tertiary/aromatic N) is 1. The molecule has 10 heavy (non-hydrogen) atoms. The van der Waals surface area contributed by atoms with Crippen molar-refractivity contribution >= 4 is 29.0 Å². The van der Waals surface area contributed by atoms with E-state index in [1.165, 1.54) is 12.1 Å². The number of aromatic nitrogens is 1. The molecule has 0 aromatic carbocycles. The summed E-state index contributed by atoms with van der Waals surface area (Å²) in [5.41, 5.74) is 5.39. The predicted octanol–water partition coefficient (Wildman–Crippen LogP) is 0.577. The third-order valence-corrected chi connectivity index (χ3v) is 1.56. The highest BCUT2D eigenvalue weighted by Gasteiger charge is 2.06. The molecule has 3 nitrogen and oxygen atoms in total. The van der Waals surface area contributed by atoms with Crippen molar-refractivity contribution in [3.63, 3.8) is 0 Å². The van der Waals surface area contributed by atoms with E-state index in [0.29, 0.717) is 16.0 Å². The van der Waals surface area contributed by atoms with Crippen LogP contribution in [0.4, 0.5) is 5.82 Å². The molecule has 0 amide bonds. The Hall–Kier alpha value is -0.670. The van der Waals surface area contributed by atoms with Gasteiger partial charge in [0, 0.05) is 12.1 Å². The van der Waals surface area contributed by atoms with Crippen LogP contribution < -0.4 is 16.3 Å². The number of halogens is 2. The second kappa shape index (κ2) is 2.52. The van der Waals surface area contributed by atoms with Gasteiger partial charge in [-0.25, -0.2) is 0 Å².